The van der Waals surface area contributed by atoms with Gasteiger partial charge in [0.25, 0.3) is 0 Å². The molecule has 102 valence electrons. The van der Waals surface area contributed by atoms with E-state index >= 15 is 0 Å². The first-order valence-electron chi connectivity index (χ1n) is 7.01. The van der Waals surface area contributed by atoms with Gasteiger partial charge in [0.05, 0.1) is 0 Å². The van der Waals surface area contributed by atoms with Gasteiger partial charge in [-0.15, -0.1) is 0 Å². The third-order valence-corrected chi connectivity index (χ3v) is 4.01. The highest BCUT2D eigenvalue weighted by atomic mass is 16.1. The van der Waals surface area contributed by atoms with E-state index in [-0.39, 0.29) is 5.78 Å². The molecule has 0 spiro atoms. The van der Waals surface area contributed by atoms with Crippen LogP contribution in [-0.4, -0.2) is 29.3 Å². The Balaban J connectivity index is 2.00. The van der Waals surface area contributed by atoms with E-state index in [1.807, 2.05) is 42.6 Å². The Labute approximate surface area is 119 Å². The quantitative estimate of drug-likeness (QED) is 0.800. The molecule has 1 aliphatic heterocycles. The van der Waals surface area contributed by atoms with E-state index in [4.69, 9.17) is 0 Å². The standard InChI is InChI=1S/C17H18N2O/c1-19-11-5-8-16(19)15-12-18-10-9-14(15)17(20)13-6-3-2-4-7-13/h2-4,6-7,9-10,12,16H,5,8,11H2,1H3/t16-/m0/s1. The average Bonchev–Trinajstić information content (AvgIpc) is 2.93. The molecular weight excluding hydrogens is 248 g/mol. The highest BCUT2D eigenvalue weighted by molar-refractivity contribution is 6.09. The van der Waals surface area contributed by atoms with Crippen molar-refractivity contribution in [3.63, 3.8) is 0 Å². The molecule has 0 bridgehead atoms. The van der Waals surface area contributed by atoms with Crippen molar-refractivity contribution in [1.29, 1.82) is 0 Å². The molecular formula is C17H18N2O. The van der Waals surface area contributed by atoms with Gasteiger partial charge in [0, 0.05) is 29.6 Å². The summed E-state index contributed by atoms with van der Waals surface area (Å²) < 4.78 is 0. The van der Waals surface area contributed by atoms with Gasteiger partial charge in [0.1, 0.15) is 0 Å². The minimum atomic E-state index is 0.0864. The molecule has 2 aromatic rings. The lowest BCUT2D eigenvalue weighted by atomic mass is 9.95. The molecule has 3 nitrogen and oxygen atoms in total. The van der Waals surface area contributed by atoms with Gasteiger partial charge in [-0.05, 0) is 38.1 Å². The van der Waals surface area contributed by atoms with Gasteiger partial charge < -0.3 is 0 Å². The maximum absolute atomic E-state index is 12.7. The Kier molecular flexibility index (Phi) is 3.61. The largest absolute Gasteiger partial charge is 0.299 e. The van der Waals surface area contributed by atoms with Crippen molar-refractivity contribution in [1.82, 2.24) is 9.88 Å². The van der Waals surface area contributed by atoms with E-state index in [1.54, 1.807) is 6.20 Å². The Morgan fingerprint density at radius 2 is 2.05 bits per heavy atom. The molecule has 1 aliphatic rings. The van der Waals surface area contributed by atoms with Crippen molar-refractivity contribution in [3.8, 4) is 0 Å². The molecule has 1 aromatic heterocycles. The number of nitrogens with zero attached hydrogens (tertiary/aromatic N) is 2. The van der Waals surface area contributed by atoms with Gasteiger partial charge >= 0.3 is 0 Å². The Hall–Kier alpha value is -2.00. The summed E-state index contributed by atoms with van der Waals surface area (Å²) in [6.45, 7) is 1.08. The lowest BCUT2D eigenvalue weighted by molar-refractivity contribution is 0.103. The van der Waals surface area contributed by atoms with Gasteiger partial charge in [-0.3, -0.25) is 14.7 Å². The first-order chi connectivity index (χ1) is 9.77. The Morgan fingerprint density at radius 3 is 2.75 bits per heavy atom. The van der Waals surface area contributed by atoms with Gasteiger partial charge in [0.15, 0.2) is 5.78 Å². The molecule has 0 unspecified atom stereocenters. The van der Waals surface area contributed by atoms with Crippen LogP contribution >= 0.6 is 0 Å². The summed E-state index contributed by atoms with van der Waals surface area (Å²) in [5, 5.41) is 0. The first kappa shape index (κ1) is 13.0. The highest BCUT2D eigenvalue weighted by Crippen LogP contribution is 2.32. The number of benzene rings is 1. The second-order valence-corrected chi connectivity index (χ2v) is 5.30. The maximum atomic E-state index is 12.7. The fourth-order valence-electron chi connectivity index (χ4n) is 2.93. The van der Waals surface area contributed by atoms with Crippen LogP contribution in [0.15, 0.2) is 48.8 Å². The number of carbonyl (C=O) groups is 1. The molecule has 2 heterocycles. The fraction of sp³-hybridized carbons (Fsp3) is 0.294. The lowest BCUT2D eigenvalue weighted by Crippen LogP contribution is -2.20. The van der Waals surface area contributed by atoms with E-state index in [9.17, 15) is 4.79 Å². The molecule has 0 aliphatic carbocycles. The molecule has 1 aromatic carbocycles. The average molecular weight is 266 g/mol. The SMILES string of the molecule is CN1CCC[C@H]1c1cnccc1C(=O)c1ccccc1. The van der Waals surface area contributed by atoms with Crippen molar-refractivity contribution in [2.45, 2.75) is 18.9 Å². The summed E-state index contributed by atoms with van der Waals surface area (Å²) in [5.41, 5.74) is 2.58. The molecule has 0 N–H and O–H groups in total. The smallest absolute Gasteiger partial charge is 0.193 e. The predicted octanol–water partition coefficient (Wildman–Crippen LogP) is 3.08. The van der Waals surface area contributed by atoms with Crippen LogP contribution in [-0.2, 0) is 0 Å². The third kappa shape index (κ3) is 2.37. The molecule has 0 amide bonds. The van der Waals surface area contributed by atoms with Crippen LogP contribution in [0, 0.1) is 0 Å². The van der Waals surface area contributed by atoms with Crippen LogP contribution in [0.3, 0.4) is 0 Å². The van der Waals surface area contributed by atoms with Crippen LogP contribution in [0.5, 0.6) is 0 Å². The van der Waals surface area contributed by atoms with E-state index in [2.05, 4.69) is 16.9 Å². The number of hydrogen-bond donors (Lipinski definition) is 0. The second kappa shape index (κ2) is 5.55. The predicted molar refractivity (Wildman–Crippen MR) is 78.7 cm³/mol. The number of ketones is 1. The zero-order chi connectivity index (χ0) is 13.9. The molecule has 0 saturated carbocycles. The zero-order valence-corrected chi connectivity index (χ0v) is 11.6. The van der Waals surface area contributed by atoms with Gasteiger partial charge in [0.2, 0.25) is 0 Å². The molecule has 1 saturated heterocycles. The topological polar surface area (TPSA) is 33.2 Å². The normalized spacial score (nSPS) is 19.1. The molecule has 3 rings (SSSR count). The molecule has 3 heteroatoms. The van der Waals surface area contributed by atoms with Crippen LogP contribution < -0.4 is 0 Å². The number of carbonyl (C=O) groups excluding carboxylic acids is 1. The molecule has 1 atom stereocenters. The van der Waals surface area contributed by atoms with Crippen molar-refractivity contribution in [2.24, 2.45) is 0 Å². The zero-order valence-electron chi connectivity index (χ0n) is 11.6. The number of hydrogen-bond acceptors (Lipinski definition) is 3. The van der Waals surface area contributed by atoms with Gasteiger partial charge in [-0.2, -0.15) is 0 Å². The van der Waals surface area contributed by atoms with Crippen LogP contribution in [0.2, 0.25) is 0 Å². The van der Waals surface area contributed by atoms with E-state index in [0.717, 1.165) is 29.7 Å². The van der Waals surface area contributed by atoms with Crippen LogP contribution in [0.25, 0.3) is 0 Å². The number of pyridine rings is 1. The summed E-state index contributed by atoms with van der Waals surface area (Å²) >= 11 is 0. The monoisotopic (exact) mass is 266 g/mol. The number of likely N-dealkylation sites (tertiary alicyclic amines) is 1. The van der Waals surface area contributed by atoms with Crippen LogP contribution in [0.4, 0.5) is 0 Å². The molecule has 20 heavy (non-hydrogen) atoms. The van der Waals surface area contributed by atoms with Crippen molar-refractivity contribution in [3.05, 3.63) is 65.5 Å². The lowest BCUT2D eigenvalue weighted by Gasteiger charge is -2.21. The van der Waals surface area contributed by atoms with E-state index in [1.165, 1.54) is 6.42 Å². The van der Waals surface area contributed by atoms with Gasteiger partial charge in [-0.25, -0.2) is 0 Å². The minimum absolute atomic E-state index is 0.0864. The number of aromatic nitrogens is 1. The Morgan fingerprint density at radius 1 is 1.25 bits per heavy atom. The van der Waals surface area contributed by atoms with Crippen LogP contribution in [0.1, 0.15) is 40.4 Å². The minimum Gasteiger partial charge on any atom is -0.299 e. The molecule has 1 fully saturated rings. The number of rotatable bonds is 3. The summed E-state index contributed by atoms with van der Waals surface area (Å²) in [5.74, 6) is 0.0864. The first-order valence-corrected chi connectivity index (χ1v) is 7.01. The van der Waals surface area contributed by atoms with Crippen molar-refractivity contribution < 1.29 is 4.79 Å². The van der Waals surface area contributed by atoms with E-state index < -0.39 is 0 Å². The highest BCUT2D eigenvalue weighted by Gasteiger charge is 2.27. The van der Waals surface area contributed by atoms with Crippen molar-refractivity contribution in [2.75, 3.05) is 13.6 Å². The summed E-state index contributed by atoms with van der Waals surface area (Å²) in [6, 6.07) is 11.6. The maximum Gasteiger partial charge on any atom is 0.193 e. The van der Waals surface area contributed by atoms with Crippen molar-refractivity contribution >= 4 is 5.78 Å². The molecule has 0 radical (unpaired) electrons. The summed E-state index contributed by atoms with van der Waals surface area (Å²) in [6.07, 6.45) is 5.82. The van der Waals surface area contributed by atoms with E-state index in [0.29, 0.717) is 6.04 Å². The fourth-order valence-corrected chi connectivity index (χ4v) is 2.93. The summed E-state index contributed by atoms with van der Waals surface area (Å²) in [7, 11) is 2.11. The second-order valence-electron chi connectivity index (χ2n) is 5.30. The summed E-state index contributed by atoms with van der Waals surface area (Å²) in [4.78, 5) is 19.2. The third-order valence-electron chi connectivity index (χ3n) is 4.01. The van der Waals surface area contributed by atoms with Gasteiger partial charge in [-0.1, -0.05) is 30.3 Å². The Bertz CT molecular complexity index is 609.